The maximum Gasteiger partial charge on any atom is 0.124 e. The van der Waals surface area contributed by atoms with Crippen LogP contribution in [-0.4, -0.2) is 18.6 Å². The lowest BCUT2D eigenvalue weighted by atomic mass is 10.1. The minimum absolute atomic E-state index is 0.238. The van der Waals surface area contributed by atoms with Crippen molar-refractivity contribution in [2.45, 2.75) is 29.8 Å². The molecule has 3 nitrogen and oxygen atoms in total. The van der Waals surface area contributed by atoms with Crippen LogP contribution in [0.25, 0.3) is 0 Å². The van der Waals surface area contributed by atoms with Crippen LogP contribution in [0.4, 0.5) is 0 Å². The summed E-state index contributed by atoms with van der Waals surface area (Å²) in [5.74, 6) is 0.916. The summed E-state index contributed by atoms with van der Waals surface area (Å²) in [6.45, 7) is 5.19. The van der Waals surface area contributed by atoms with Gasteiger partial charge in [-0.3, -0.25) is 0 Å². The van der Waals surface area contributed by atoms with Crippen molar-refractivity contribution in [3.05, 3.63) is 48.2 Å². The van der Waals surface area contributed by atoms with Gasteiger partial charge in [-0.15, -0.1) is 0 Å². The molecule has 2 rings (SSSR count). The summed E-state index contributed by atoms with van der Waals surface area (Å²) in [4.78, 5) is 5.56. The number of rotatable bonds is 6. The number of nitrogens with zero attached hydrogens (tertiary/aromatic N) is 1. The molecule has 106 valence electrons. The monoisotopic (exact) mass is 288 g/mol. The average molecular weight is 288 g/mol. The maximum atomic E-state index is 5.52. The fourth-order valence-corrected chi connectivity index (χ4v) is 3.17. The summed E-state index contributed by atoms with van der Waals surface area (Å²) < 4.78 is 5.52. The van der Waals surface area contributed by atoms with E-state index in [1.807, 2.05) is 36.5 Å². The van der Waals surface area contributed by atoms with E-state index in [4.69, 9.17) is 4.74 Å². The predicted octanol–water partition coefficient (Wildman–Crippen LogP) is 3.91. The highest BCUT2D eigenvalue weighted by Crippen LogP contribution is 2.37. The first-order valence-electron chi connectivity index (χ1n) is 6.75. The molecular weight excluding hydrogens is 268 g/mol. The van der Waals surface area contributed by atoms with Gasteiger partial charge in [0, 0.05) is 22.7 Å². The molecule has 20 heavy (non-hydrogen) atoms. The van der Waals surface area contributed by atoms with E-state index >= 15 is 0 Å². The van der Waals surface area contributed by atoms with Crippen molar-refractivity contribution in [3.8, 4) is 5.75 Å². The van der Waals surface area contributed by atoms with Crippen molar-refractivity contribution in [2.75, 3.05) is 13.7 Å². The Labute approximate surface area is 124 Å². The molecular formula is C16H20N2OS. The Bertz CT molecular complexity index is 545. The molecule has 0 aliphatic carbocycles. The highest BCUT2D eigenvalue weighted by molar-refractivity contribution is 7.99. The van der Waals surface area contributed by atoms with E-state index in [9.17, 15) is 0 Å². The quantitative estimate of drug-likeness (QED) is 0.874. The molecule has 1 aromatic heterocycles. The van der Waals surface area contributed by atoms with Crippen LogP contribution < -0.4 is 10.1 Å². The minimum atomic E-state index is 0.238. The second kappa shape index (κ2) is 7.31. The first-order valence-corrected chi connectivity index (χ1v) is 7.57. The summed E-state index contributed by atoms with van der Waals surface area (Å²) in [5, 5.41) is 4.44. The van der Waals surface area contributed by atoms with Crippen LogP contribution >= 0.6 is 11.8 Å². The molecule has 0 radical (unpaired) electrons. The first-order chi connectivity index (χ1) is 9.76. The van der Waals surface area contributed by atoms with E-state index in [0.29, 0.717) is 0 Å². The molecule has 1 N–H and O–H groups in total. The lowest BCUT2D eigenvalue weighted by molar-refractivity contribution is 0.400. The van der Waals surface area contributed by atoms with Gasteiger partial charge in [0.15, 0.2) is 0 Å². The Hall–Kier alpha value is -1.52. The lowest BCUT2D eigenvalue weighted by Gasteiger charge is -2.19. The van der Waals surface area contributed by atoms with E-state index in [-0.39, 0.29) is 6.04 Å². The lowest BCUT2D eigenvalue weighted by Crippen LogP contribution is -2.19. The van der Waals surface area contributed by atoms with Crippen molar-refractivity contribution in [2.24, 2.45) is 0 Å². The Kier molecular flexibility index (Phi) is 5.44. The van der Waals surface area contributed by atoms with Gasteiger partial charge < -0.3 is 10.1 Å². The van der Waals surface area contributed by atoms with Gasteiger partial charge in [0.05, 0.1) is 7.11 Å². The SMILES string of the molecule is CCNC(C)c1c(OC)cccc1Sc1ccccn1. The summed E-state index contributed by atoms with van der Waals surface area (Å²) in [6.07, 6.45) is 1.82. The molecule has 0 aliphatic heterocycles. The Morgan fingerprint density at radius 3 is 2.75 bits per heavy atom. The average Bonchev–Trinajstić information content (AvgIpc) is 2.48. The Morgan fingerprint density at radius 1 is 1.25 bits per heavy atom. The molecule has 0 amide bonds. The number of ether oxygens (including phenoxy) is 1. The van der Waals surface area contributed by atoms with Gasteiger partial charge in [0.25, 0.3) is 0 Å². The smallest absolute Gasteiger partial charge is 0.124 e. The topological polar surface area (TPSA) is 34.1 Å². The number of nitrogens with one attached hydrogen (secondary N) is 1. The van der Waals surface area contributed by atoms with Gasteiger partial charge in [0.2, 0.25) is 0 Å². The van der Waals surface area contributed by atoms with E-state index < -0.39 is 0 Å². The number of benzene rings is 1. The second-order valence-corrected chi connectivity index (χ2v) is 5.48. The maximum absolute atomic E-state index is 5.52. The largest absolute Gasteiger partial charge is 0.496 e. The van der Waals surface area contributed by atoms with E-state index in [2.05, 4.69) is 30.2 Å². The normalized spacial score (nSPS) is 12.2. The zero-order valence-corrected chi connectivity index (χ0v) is 12.9. The van der Waals surface area contributed by atoms with Gasteiger partial charge >= 0.3 is 0 Å². The molecule has 0 saturated carbocycles. The number of methoxy groups -OCH3 is 1. The molecule has 2 aromatic rings. The number of pyridine rings is 1. The standard InChI is InChI=1S/C16H20N2OS/c1-4-17-12(2)16-13(19-3)8-7-9-14(16)20-15-10-5-6-11-18-15/h5-12,17H,4H2,1-3H3. The molecule has 0 spiro atoms. The van der Waals surface area contributed by atoms with E-state index in [0.717, 1.165) is 17.3 Å². The Morgan fingerprint density at radius 2 is 2.10 bits per heavy atom. The van der Waals surface area contributed by atoms with E-state index in [1.54, 1.807) is 18.9 Å². The predicted molar refractivity (Wildman–Crippen MR) is 83.4 cm³/mol. The van der Waals surface area contributed by atoms with Gasteiger partial charge in [-0.05, 0) is 37.7 Å². The summed E-state index contributed by atoms with van der Waals surface area (Å²) >= 11 is 1.67. The molecule has 1 aromatic carbocycles. The van der Waals surface area contributed by atoms with Gasteiger partial charge in [-0.1, -0.05) is 30.8 Å². The van der Waals surface area contributed by atoms with Crippen LogP contribution in [0.15, 0.2) is 52.5 Å². The third-order valence-electron chi connectivity index (χ3n) is 3.04. The molecule has 0 aliphatic rings. The van der Waals surface area contributed by atoms with Crippen molar-refractivity contribution in [3.63, 3.8) is 0 Å². The molecule has 0 saturated heterocycles. The summed E-state index contributed by atoms with van der Waals surface area (Å²) in [7, 11) is 1.71. The molecule has 1 unspecified atom stereocenters. The number of aromatic nitrogens is 1. The zero-order chi connectivity index (χ0) is 14.4. The van der Waals surface area contributed by atoms with Gasteiger partial charge in [-0.2, -0.15) is 0 Å². The zero-order valence-electron chi connectivity index (χ0n) is 12.1. The number of hydrogen-bond donors (Lipinski definition) is 1. The van der Waals surface area contributed by atoms with Crippen molar-refractivity contribution >= 4 is 11.8 Å². The third-order valence-corrected chi connectivity index (χ3v) is 4.07. The highest BCUT2D eigenvalue weighted by Gasteiger charge is 2.16. The first kappa shape index (κ1) is 14.9. The van der Waals surface area contributed by atoms with Gasteiger partial charge in [-0.25, -0.2) is 4.98 Å². The van der Waals surface area contributed by atoms with Crippen molar-refractivity contribution in [1.82, 2.24) is 10.3 Å². The third kappa shape index (κ3) is 3.52. The highest BCUT2D eigenvalue weighted by atomic mass is 32.2. The van der Waals surface area contributed by atoms with E-state index in [1.165, 1.54) is 10.5 Å². The van der Waals surface area contributed by atoms with Crippen molar-refractivity contribution in [1.29, 1.82) is 0 Å². The molecule has 0 bridgehead atoms. The molecule has 1 atom stereocenters. The second-order valence-electron chi connectivity index (χ2n) is 4.42. The van der Waals surface area contributed by atoms with Crippen LogP contribution in [0.3, 0.4) is 0 Å². The summed E-state index contributed by atoms with van der Waals surface area (Å²) in [5.41, 5.74) is 1.19. The van der Waals surface area contributed by atoms with Crippen molar-refractivity contribution < 1.29 is 4.74 Å². The summed E-state index contributed by atoms with van der Waals surface area (Å²) in [6, 6.07) is 12.3. The fraction of sp³-hybridized carbons (Fsp3) is 0.312. The number of hydrogen-bond acceptors (Lipinski definition) is 4. The van der Waals surface area contributed by atoms with Crippen LogP contribution in [0.2, 0.25) is 0 Å². The van der Waals surface area contributed by atoms with Gasteiger partial charge in [0.1, 0.15) is 10.8 Å². The Balaban J connectivity index is 2.36. The van der Waals surface area contributed by atoms with Crippen LogP contribution in [0.1, 0.15) is 25.5 Å². The fourth-order valence-electron chi connectivity index (χ4n) is 2.15. The minimum Gasteiger partial charge on any atom is -0.496 e. The van der Waals surface area contributed by atoms with Crippen LogP contribution in [0.5, 0.6) is 5.75 Å². The molecule has 4 heteroatoms. The van der Waals surface area contributed by atoms with Crippen LogP contribution in [-0.2, 0) is 0 Å². The molecule has 0 fully saturated rings. The van der Waals surface area contributed by atoms with Crippen LogP contribution in [0, 0.1) is 0 Å². The molecule has 1 heterocycles.